The minimum Gasteiger partial charge on any atom is -0.303 e. The summed E-state index contributed by atoms with van der Waals surface area (Å²) in [7, 11) is 0. The third-order valence-corrected chi connectivity index (χ3v) is 3.13. The Kier molecular flexibility index (Phi) is 2.71. The van der Waals surface area contributed by atoms with E-state index < -0.39 is 0 Å². The maximum atomic E-state index is 11.0. The molecule has 0 bridgehead atoms. The molecule has 0 aromatic rings. The number of aldehydes is 1. The Bertz CT molecular complexity index is 195. The lowest BCUT2D eigenvalue weighted by molar-refractivity contribution is -0.117. The maximum absolute atomic E-state index is 11.0. The van der Waals surface area contributed by atoms with Gasteiger partial charge in [-0.1, -0.05) is 18.9 Å². The Balaban J connectivity index is 2.74. The molecule has 0 spiro atoms. The highest BCUT2D eigenvalue weighted by atomic mass is 16.1. The Morgan fingerprint density at radius 3 is 2.75 bits per heavy atom. The van der Waals surface area contributed by atoms with Crippen molar-refractivity contribution in [2.24, 2.45) is 11.3 Å². The number of rotatable bonds is 3. The summed E-state index contributed by atoms with van der Waals surface area (Å²) in [6, 6.07) is 0. The smallest absolute Gasteiger partial charge is 0.126 e. The van der Waals surface area contributed by atoms with E-state index in [-0.39, 0.29) is 5.41 Å². The second-order valence-corrected chi connectivity index (χ2v) is 4.28. The topological polar surface area (TPSA) is 17.1 Å². The maximum Gasteiger partial charge on any atom is 0.126 e. The summed E-state index contributed by atoms with van der Waals surface area (Å²) in [5.41, 5.74) is 1.07. The minimum absolute atomic E-state index is 0.0637. The average molecular weight is 166 g/mol. The van der Waals surface area contributed by atoms with E-state index in [0.717, 1.165) is 18.4 Å². The van der Waals surface area contributed by atoms with Crippen LogP contribution >= 0.6 is 0 Å². The van der Waals surface area contributed by atoms with Crippen LogP contribution in [0.3, 0.4) is 0 Å². The molecule has 1 heteroatoms. The molecule has 68 valence electrons. The van der Waals surface area contributed by atoms with Gasteiger partial charge in [0.25, 0.3) is 0 Å². The molecule has 2 atom stereocenters. The van der Waals surface area contributed by atoms with E-state index in [4.69, 9.17) is 0 Å². The molecule has 1 rings (SSSR count). The zero-order valence-electron chi connectivity index (χ0n) is 8.10. The van der Waals surface area contributed by atoms with Crippen molar-refractivity contribution in [3.05, 3.63) is 12.2 Å². The fourth-order valence-electron chi connectivity index (χ4n) is 2.31. The summed E-state index contributed by atoms with van der Waals surface area (Å²) in [5.74, 6) is 0.548. The van der Waals surface area contributed by atoms with Gasteiger partial charge in [0.2, 0.25) is 0 Å². The van der Waals surface area contributed by atoms with Crippen LogP contribution in [0.25, 0.3) is 0 Å². The Hall–Kier alpha value is -0.590. The summed E-state index contributed by atoms with van der Waals surface area (Å²) >= 11 is 0. The Labute approximate surface area is 74.9 Å². The monoisotopic (exact) mass is 166 g/mol. The second-order valence-electron chi connectivity index (χ2n) is 4.28. The lowest BCUT2D eigenvalue weighted by Crippen LogP contribution is -2.25. The van der Waals surface area contributed by atoms with Crippen LogP contribution in [-0.4, -0.2) is 6.29 Å². The van der Waals surface area contributed by atoms with Crippen LogP contribution in [0.1, 0.15) is 39.5 Å². The van der Waals surface area contributed by atoms with Crippen molar-refractivity contribution in [1.82, 2.24) is 0 Å². The van der Waals surface area contributed by atoms with Crippen molar-refractivity contribution in [3.63, 3.8) is 0 Å². The number of carbonyl (C=O) groups is 1. The van der Waals surface area contributed by atoms with Gasteiger partial charge in [-0.2, -0.15) is 0 Å². The van der Waals surface area contributed by atoms with E-state index in [0.29, 0.717) is 5.92 Å². The molecule has 1 aliphatic carbocycles. The third-order valence-electron chi connectivity index (χ3n) is 3.13. The van der Waals surface area contributed by atoms with Gasteiger partial charge in [-0.3, -0.25) is 0 Å². The number of carbonyl (C=O) groups excluding carboxylic acids is 1. The van der Waals surface area contributed by atoms with Crippen LogP contribution < -0.4 is 0 Å². The molecule has 1 saturated carbocycles. The van der Waals surface area contributed by atoms with Crippen molar-refractivity contribution < 1.29 is 4.79 Å². The lowest BCUT2D eigenvalue weighted by atomic mass is 9.76. The third kappa shape index (κ3) is 1.60. The van der Waals surface area contributed by atoms with Crippen LogP contribution in [0.15, 0.2) is 12.2 Å². The van der Waals surface area contributed by atoms with Crippen molar-refractivity contribution in [2.45, 2.75) is 39.5 Å². The average Bonchev–Trinajstić information content (AvgIpc) is 2.32. The second kappa shape index (κ2) is 3.42. The predicted octanol–water partition coefficient (Wildman–Crippen LogP) is 2.96. The predicted molar refractivity (Wildman–Crippen MR) is 50.9 cm³/mol. The lowest BCUT2D eigenvalue weighted by Gasteiger charge is -2.27. The molecule has 12 heavy (non-hydrogen) atoms. The zero-order chi connectivity index (χ0) is 9.19. The molecule has 0 saturated heterocycles. The van der Waals surface area contributed by atoms with Gasteiger partial charge in [-0.25, -0.2) is 0 Å². The van der Waals surface area contributed by atoms with E-state index in [1.54, 1.807) is 0 Å². The normalized spacial score (nSPS) is 35.0. The van der Waals surface area contributed by atoms with Gasteiger partial charge in [0.1, 0.15) is 6.29 Å². The first-order chi connectivity index (χ1) is 5.60. The van der Waals surface area contributed by atoms with Gasteiger partial charge in [0.15, 0.2) is 0 Å². The van der Waals surface area contributed by atoms with Gasteiger partial charge in [-0.05, 0) is 32.1 Å². The first-order valence-electron chi connectivity index (χ1n) is 4.71. The minimum atomic E-state index is -0.0637. The van der Waals surface area contributed by atoms with E-state index in [1.807, 2.05) is 6.92 Å². The summed E-state index contributed by atoms with van der Waals surface area (Å²) < 4.78 is 0. The molecule has 2 unspecified atom stereocenters. The SMILES string of the molecule is C=C(C)CC1(C=O)CCCC1C. The molecule has 0 amide bonds. The highest BCUT2D eigenvalue weighted by Gasteiger charge is 2.39. The fourth-order valence-corrected chi connectivity index (χ4v) is 2.31. The number of hydrogen-bond donors (Lipinski definition) is 0. The van der Waals surface area contributed by atoms with Gasteiger partial charge >= 0.3 is 0 Å². The summed E-state index contributed by atoms with van der Waals surface area (Å²) in [6.07, 6.45) is 5.51. The van der Waals surface area contributed by atoms with Gasteiger partial charge < -0.3 is 4.79 Å². The number of allylic oxidation sites excluding steroid dienone is 1. The highest BCUT2D eigenvalue weighted by molar-refractivity contribution is 5.61. The largest absolute Gasteiger partial charge is 0.303 e. The molecule has 0 heterocycles. The first-order valence-corrected chi connectivity index (χ1v) is 4.71. The van der Waals surface area contributed by atoms with E-state index >= 15 is 0 Å². The van der Waals surface area contributed by atoms with Crippen LogP contribution in [0, 0.1) is 11.3 Å². The Morgan fingerprint density at radius 2 is 2.42 bits per heavy atom. The van der Waals surface area contributed by atoms with E-state index in [1.165, 1.54) is 19.1 Å². The molecule has 0 aromatic carbocycles. The highest BCUT2D eigenvalue weighted by Crippen LogP contribution is 2.45. The molecule has 0 radical (unpaired) electrons. The van der Waals surface area contributed by atoms with Gasteiger partial charge in [0.05, 0.1) is 0 Å². The van der Waals surface area contributed by atoms with Gasteiger partial charge in [-0.15, -0.1) is 6.58 Å². The summed E-state index contributed by atoms with van der Waals surface area (Å²) in [5, 5.41) is 0. The molecular weight excluding hydrogens is 148 g/mol. The Morgan fingerprint density at radius 1 is 1.75 bits per heavy atom. The standard InChI is InChI=1S/C11H18O/c1-9(2)7-11(8-12)6-4-5-10(11)3/h8,10H,1,4-7H2,2-3H3. The molecule has 1 aliphatic rings. The molecule has 0 aromatic heterocycles. The zero-order valence-corrected chi connectivity index (χ0v) is 8.10. The van der Waals surface area contributed by atoms with Crippen LogP contribution in [0.5, 0.6) is 0 Å². The van der Waals surface area contributed by atoms with Crippen molar-refractivity contribution in [1.29, 1.82) is 0 Å². The fraction of sp³-hybridized carbons (Fsp3) is 0.727. The van der Waals surface area contributed by atoms with Gasteiger partial charge in [0, 0.05) is 5.41 Å². The summed E-state index contributed by atoms with van der Waals surface area (Å²) in [6.45, 7) is 8.08. The molecule has 1 nitrogen and oxygen atoms in total. The van der Waals surface area contributed by atoms with Crippen LogP contribution in [0.2, 0.25) is 0 Å². The molecule has 0 aliphatic heterocycles. The quantitative estimate of drug-likeness (QED) is 0.465. The van der Waals surface area contributed by atoms with Crippen molar-refractivity contribution >= 4 is 6.29 Å². The summed E-state index contributed by atoms with van der Waals surface area (Å²) in [4.78, 5) is 11.0. The molecule has 1 fully saturated rings. The van der Waals surface area contributed by atoms with Crippen LogP contribution in [-0.2, 0) is 4.79 Å². The van der Waals surface area contributed by atoms with E-state index in [2.05, 4.69) is 13.5 Å². The number of hydrogen-bond acceptors (Lipinski definition) is 1. The molecule has 0 N–H and O–H groups in total. The van der Waals surface area contributed by atoms with Crippen molar-refractivity contribution in [3.8, 4) is 0 Å². The van der Waals surface area contributed by atoms with E-state index in [9.17, 15) is 4.79 Å². The molecular formula is C11H18O. The first kappa shape index (κ1) is 9.50. The van der Waals surface area contributed by atoms with Crippen LogP contribution in [0.4, 0.5) is 0 Å². The van der Waals surface area contributed by atoms with Crippen molar-refractivity contribution in [2.75, 3.05) is 0 Å².